The third kappa shape index (κ3) is 4.30. The molecule has 1 aliphatic carbocycles. The molecule has 3 nitrogen and oxygen atoms in total. The predicted octanol–water partition coefficient (Wildman–Crippen LogP) is 2.84. The first kappa shape index (κ1) is 14.5. The molecule has 0 saturated heterocycles. The number of rotatable bonds is 8. The topological polar surface area (TPSA) is 29.5 Å². The first-order valence-electron chi connectivity index (χ1n) is 7.13. The van der Waals surface area contributed by atoms with Crippen molar-refractivity contribution in [1.29, 1.82) is 0 Å². The first-order valence-corrected chi connectivity index (χ1v) is 7.13. The minimum absolute atomic E-state index is 0.0226. The van der Waals surface area contributed by atoms with Crippen molar-refractivity contribution in [2.24, 2.45) is 5.92 Å². The lowest BCUT2D eigenvalue weighted by Gasteiger charge is -2.35. The van der Waals surface area contributed by atoms with Crippen LogP contribution in [0.4, 0.5) is 0 Å². The molecule has 0 N–H and O–H groups in total. The summed E-state index contributed by atoms with van der Waals surface area (Å²) in [5.41, 5.74) is 0. The van der Waals surface area contributed by atoms with E-state index >= 15 is 0 Å². The fourth-order valence-electron chi connectivity index (χ4n) is 2.45. The third-order valence-electron chi connectivity index (χ3n) is 3.69. The lowest BCUT2D eigenvalue weighted by Crippen LogP contribution is -2.45. The van der Waals surface area contributed by atoms with Crippen LogP contribution in [0.25, 0.3) is 0 Å². The van der Waals surface area contributed by atoms with Crippen LogP contribution in [0.2, 0.25) is 0 Å². The molecule has 0 aromatic heterocycles. The number of likely N-dealkylation sites (N-methyl/N-ethyl adjacent to an activating group) is 1. The largest absolute Gasteiger partial charge is 0.465 e. The molecule has 100 valence electrons. The summed E-state index contributed by atoms with van der Waals surface area (Å²) >= 11 is 0. The van der Waals surface area contributed by atoms with E-state index in [9.17, 15) is 4.79 Å². The van der Waals surface area contributed by atoms with Crippen LogP contribution >= 0.6 is 0 Å². The third-order valence-corrected chi connectivity index (χ3v) is 3.69. The second-order valence-corrected chi connectivity index (χ2v) is 4.94. The number of hydrogen-bond acceptors (Lipinski definition) is 3. The molecule has 0 spiro atoms. The van der Waals surface area contributed by atoms with Gasteiger partial charge in [-0.2, -0.15) is 0 Å². The zero-order valence-electron chi connectivity index (χ0n) is 11.6. The van der Waals surface area contributed by atoms with Gasteiger partial charge in [-0.25, -0.2) is 0 Å². The molecule has 0 bridgehead atoms. The van der Waals surface area contributed by atoms with Gasteiger partial charge in [-0.1, -0.05) is 26.7 Å². The smallest absolute Gasteiger partial charge is 0.323 e. The summed E-state index contributed by atoms with van der Waals surface area (Å²) in [6.45, 7) is 8.65. The number of nitrogens with zero attached hydrogens (tertiary/aromatic N) is 1. The van der Waals surface area contributed by atoms with Crippen molar-refractivity contribution in [3.63, 3.8) is 0 Å². The summed E-state index contributed by atoms with van der Waals surface area (Å²) in [5, 5.41) is 0. The van der Waals surface area contributed by atoms with Crippen LogP contribution in [-0.2, 0) is 9.53 Å². The Morgan fingerprint density at radius 2 is 2.06 bits per heavy atom. The number of carbonyl (C=O) groups excluding carboxylic acids is 1. The maximum Gasteiger partial charge on any atom is 0.323 e. The van der Waals surface area contributed by atoms with Crippen LogP contribution in [0.15, 0.2) is 0 Å². The highest BCUT2D eigenvalue weighted by Gasteiger charge is 2.29. The molecule has 3 heteroatoms. The summed E-state index contributed by atoms with van der Waals surface area (Å²) in [6.07, 6.45) is 5.97. The van der Waals surface area contributed by atoms with Gasteiger partial charge in [0.2, 0.25) is 0 Å². The van der Waals surface area contributed by atoms with E-state index in [1.807, 2.05) is 6.92 Å². The van der Waals surface area contributed by atoms with Crippen molar-refractivity contribution in [2.75, 3.05) is 19.7 Å². The van der Waals surface area contributed by atoms with E-state index in [0.29, 0.717) is 6.61 Å². The molecule has 0 aromatic carbocycles. The quantitative estimate of drug-likeness (QED) is 0.612. The molecule has 0 heterocycles. The number of hydrogen-bond donors (Lipinski definition) is 0. The molecule has 1 rings (SSSR count). The average Bonchev–Trinajstić information content (AvgIpc) is 2.26. The van der Waals surface area contributed by atoms with E-state index < -0.39 is 0 Å². The fourth-order valence-corrected chi connectivity index (χ4v) is 2.45. The van der Waals surface area contributed by atoms with Gasteiger partial charge in [0.25, 0.3) is 0 Å². The van der Waals surface area contributed by atoms with Gasteiger partial charge in [0.05, 0.1) is 6.61 Å². The molecule has 17 heavy (non-hydrogen) atoms. The Hall–Kier alpha value is -0.570. The molecule has 1 unspecified atom stereocenters. The second-order valence-electron chi connectivity index (χ2n) is 4.94. The van der Waals surface area contributed by atoms with Crippen molar-refractivity contribution in [2.45, 2.75) is 58.9 Å². The van der Waals surface area contributed by atoms with Crippen LogP contribution in [-0.4, -0.2) is 36.6 Å². The Morgan fingerprint density at radius 1 is 1.35 bits per heavy atom. The van der Waals surface area contributed by atoms with Crippen LogP contribution < -0.4 is 0 Å². The second kappa shape index (κ2) is 7.70. The highest BCUT2D eigenvalue weighted by molar-refractivity contribution is 5.75. The number of esters is 1. The van der Waals surface area contributed by atoms with Gasteiger partial charge >= 0.3 is 5.97 Å². The summed E-state index contributed by atoms with van der Waals surface area (Å²) in [5.74, 6) is 0.777. The van der Waals surface area contributed by atoms with Crippen molar-refractivity contribution in [3.8, 4) is 0 Å². The molecule has 1 atom stereocenters. The van der Waals surface area contributed by atoms with Crippen molar-refractivity contribution in [1.82, 2.24) is 4.90 Å². The van der Waals surface area contributed by atoms with Gasteiger partial charge in [-0.3, -0.25) is 9.69 Å². The standard InChI is InChI=1S/C14H27NO2/c1-4-8-13(14(16)17-6-3)15(5-2)11-12-9-7-10-12/h12-13H,4-11H2,1-3H3. The van der Waals surface area contributed by atoms with Crippen LogP contribution in [0, 0.1) is 5.92 Å². The summed E-state index contributed by atoms with van der Waals surface area (Å²) in [7, 11) is 0. The Kier molecular flexibility index (Phi) is 6.56. The van der Waals surface area contributed by atoms with Crippen LogP contribution in [0.5, 0.6) is 0 Å². The molecular weight excluding hydrogens is 214 g/mol. The maximum atomic E-state index is 12.0. The molecule has 1 aliphatic rings. The average molecular weight is 241 g/mol. The van der Waals surface area contributed by atoms with Gasteiger partial charge < -0.3 is 4.74 Å². The summed E-state index contributed by atoms with van der Waals surface area (Å²) in [6, 6.07) is -0.0226. The molecule has 0 radical (unpaired) electrons. The highest BCUT2D eigenvalue weighted by atomic mass is 16.5. The van der Waals surface area contributed by atoms with Gasteiger partial charge in [-0.05, 0) is 38.6 Å². The predicted molar refractivity (Wildman–Crippen MR) is 69.9 cm³/mol. The first-order chi connectivity index (χ1) is 8.22. The van der Waals surface area contributed by atoms with Gasteiger partial charge in [0.15, 0.2) is 0 Å². The normalized spacial score (nSPS) is 17.9. The van der Waals surface area contributed by atoms with Crippen LogP contribution in [0.1, 0.15) is 52.9 Å². The van der Waals surface area contributed by atoms with Gasteiger partial charge in [-0.15, -0.1) is 0 Å². The zero-order valence-corrected chi connectivity index (χ0v) is 11.6. The van der Waals surface area contributed by atoms with Gasteiger partial charge in [0, 0.05) is 6.54 Å². The molecule has 0 amide bonds. The van der Waals surface area contributed by atoms with E-state index in [4.69, 9.17) is 4.74 Å². The molecular formula is C14H27NO2. The van der Waals surface area contributed by atoms with Crippen molar-refractivity contribution >= 4 is 5.97 Å². The van der Waals surface area contributed by atoms with Crippen molar-refractivity contribution in [3.05, 3.63) is 0 Å². The zero-order chi connectivity index (χ0) is 12.7. The lowest BCUT2D eigenvalue weighted by atomic mass is 9.84. The summed E-state index contributed by atoms with van der Waals surface area (Å²) in [4.78, 5) is 14.3. The lowest BCUT2D eigenvalue weighted by molar-refractivity contribution is -0.150. The number of ether oxygens (including phenoxy) is 1. The SMILES string of the molecule is CCCC(C(=O)OCC)N(CC)CC1CCC1. The minimum Gasteiger partial charge on any atom is -0.465 e. The Morgan fingerprint density at radius 3 is 2.47 bits per heavy atom. The van der Waals surface area contributed by atoms with Crippen molar-refractivity contribution < 1.29 is 9.53 Å². The molecule has 0 aromatic rings. The number of carbonyl (C=O) groups is 1. The summed E-state index contributed by atoms with van der Waals surface area (Å²) < 4.78 is 5.19. The monoisotopic (exact) mass is 241 g/mol. The Bertz CT molecular complexity index is 226. The maximum absolute atomic E-state index is 12.0. The van der Waals surface area contributed by atoms with E-state index in [-0.39, 0.29) is 12.0 Å². The fraction of sp³-hybridized carbons (Fsp3) is 0.929. The van der Waals surface area contributed by atoms with E-state index in [0.717, 1.165) is 31.8 Å². The highest BCUT2D eigenvalue weighted by Crippen LogP contribution is 2.28. The van der Waals surface area contributed by atoms with Gasteiger partial charge in [0.1, 0.15) is 6.04 Å². The Balaban J connectivity index is 2.53. The van der Waals surface area contributed by atoms with E-state index in [2.05, 4.69) is 18.7 Å². The van der Waals surface area contributed by atoms with Crippen LogP contribution in [0.3, 0.4) is 0 Å². The molecule has 1 saturated carbocycles. The minimum atomic E-state index is -0.0319. The molecule has 0 aliphatic heterocycles. The van der Waals surface area contributed by atoms with E-state index in [1.165, 1.54) is 19.3 Å². The van der Waals surface area contributed by atoms with E-state index in [1.54, 1.807) is 0 Å². The Labute approximate surface area is 106 Å². The molecule has 1 fully saturated rings.